The number of fused-ring (bicyclic) bond motifs is 1. The molecule has 0 atom stereocenters. The van der Waals surface area contributed by atoms with Crippen LogP contribution >= 0.6 is 0 Å². The largest absolute Gasteiger partial charge is 0.431 e. The minimum Gasteiger partial charge on any atom is -0.321 e. The summed E-state index contributed by atoms with van der Waals surface area (Å²) in [7, 11) is -2.48. The number of alkyl halides is 4. The Labute approximate surface area is 220 Å². The number of nitrogens with zero attached hydrogens (tertiary/aromatic N) is 5. The molecule has 0 aliphatic heterocycles. The SMILES string of the molecule is CCS(=O)(=O)c1cc(-c2cccc(C3(F)CC3)n2)cnc1-c1nc2cc(C(F)(F)F)n(C3CC3)c(=O)c2n1C. The van der Waals surface area contributed by atoms with Crippen LogP contribution in [-0.4, -0.2) is 38.3 Å². The maximum absolute atomic E-state index is 14.6. The lowest BCUT2D eigenvalue weighted by atomic mass is 10.1. The summed E-state index contributed by atoms with van der Waals surface area (Å²) < 4.78 is 84.5. The average Bonchev–Trinajstić information content (AvgIpc) is 3.83. The fourth-order valence-corrected chi connectivity index (χ4v) is 5.83. The lowest BCUT2D eigenvalue weighted by Gasteiger charge is -2.15. The Balaban J connectivity index is 1.56. The second kappa shape index (κ2) is 8.44. The molecular weight excluding hydrogens is 538 g/mol. The molecule has 204 valence electrons. The third-order valence-corrected chi connectivity index (χ3v) is 8.99. The summed E-state index contributed by atoms with van der Waals surface area (Å²) in [6, 6.07) is 6.45. The van der Waals surface area contributed by atoms with Gasteiger partial charge in [0.15, 0.2) is 21.3 Å². The number of hydrogen-bond donors (Lipinski definition) is 0. The van der Waals surface area contributed by atoms with E-state index in [9.17, 15) is 30.8 Å². The third kappa shape index (κ3) is 4.23. The summed E-state index contributed by atoms with van der Waals surface area (Å²) in [6.45, 7) is 1.45. The molecule has 0 spiro atoms. The number of imidazole rings is 1. The Morgan fingerprint density at radius 2 is 1.85 bits per heavy atom. The molecule has 2 aliphatic rings. The predicted molar refractivity (Wildman–Crippen MR) is 134 cm³/mol. The molecule has 8 nitrogen and oxygen atoms in total. The highest BCUT2D eigenvalue weighted by Gasteiger charge is 2.46. The Kier molecular flexibility index (Phi) is 5.55. The van der Waals surface area contributed by atoms with Crippen molar-refractivity contribution in [3.8, 4) is 22.8 Å². The van der Waals surface area contributed by atoms with E-state index in [1.807, 2.05) is 0 Å². The smallest absolute Gasteiger partial charge is 0.321 e. The van der Waals surface area contributed by atoms with Crippen LogP contribution in [0.5, 0.6) is 0 Å². The number of pyridine rings is 3. The van der Waals surface area contributed by atoms with Crippen LogP contribution < -0.4 is 5.56 Å². The fourth-order valence-electron chi connectivity index (χ4n) is 4.78. The minimum absolute atomic E-state index is 0.0650. The second-order valence-corrected chi connectivity index (χ2v) is 12.3. The van der Waals surface area contributed by atoms with Crippen LogP contribution in [0, 0.1) is 0 Å². The molecule has 0 saturated heterocycles. The van der Waals surface area contributed by atoms with Crippen LogP contribution in [0.4, 0.5) is 17.6 Å². The van der Waals surface area contributed by atoms with Gasteiger partial charge in [-0.05, 0) is 49.9 Å². The lowest BCUT2D eigenvalue weighted by Crippen LogP contribution is -2.28. The van der Waals surface area contributed by atoms with E-state index in [4.69, 9.17) is 0 Å². The summed E-state index contributed by atoms with van der Waals surface area (Å²) in [5.41, 5.74) is -2.91. The van der Waals surface area contributed by atoms with Crippen molar-refractivity contribution >= 4 is 20.9 Å². The first-order chi connectivity index (χ1) is 18.3. The van der Waals surface area contributed by atoms with E-state index in [0.29, 0.717) is 36.9 Å². The highest BCUT2D eigenvalue weighted by molar-refractivity contribution is 7.91. The molecule has 0 aromatic carbocycles. The number of aryl methyl sites for hydroxylation is 1. The minimum atomic E-state index is -4.77. The van der Waals surface area contributed by atoms with Crippen LogP contribution in [0.3, 0.4) is 0 Å². The van der Waals surface area contributed by atoms with Gasteiger partial charge in [0.05, 0.1) is 27.6 Å². The van der Waals surface area contributed by atoms with Crippen molar-refractivity contribution in [3.05, 3.63) is 58.3 Å². The molecule has 2 aliphatic carbocycles. The van der Waals surface area contributed by atoms with Gasteiger partial charge in [0.2, 0.25) is 0 Å². The van der Waals surface area contributed by atoms with Gasteiger partial charge >= 0.3 is 6.18 Å². The van der Waals surface area contributed by atoms with Gasteiger partial charge in [0.25, 0.3) is 5.56 Å². The first-order valence-corrected chi connectivity index (χ1v) is 14.1. The number of rotatable bonds is 6. The van der Waals surface area contributed by atoms with Crippen LogP contribution in [0.2, 0.25) is 0 Å². The van der Waals surface area contributed by atoms with Gasteiger partial charge in [-0.3, -0.25) is 14.3 Å². The molecule has 0 radical (unpaired) electrons. The first kappa shape index (κ1) is 25.7. The molecule has 4 aromatic heterocycles. The van der Waals surface area contributed by atoms with Gasteiger partial charge in [-0.25, -0.2) is 22.8 Å². The van der Waals surface area contributed by atoms with Crippen molar-refractivity contribution in [1.29, 1.82) is 0 Å². The Bertz CT molecular complexity index is 1820. The molecule has 39 heavy (non-hydrogen) atoms. The summed E-state index contributed by atoms with van der Waals surface area (Å²) >= 11 is 0. The molecule has 6 rings (SSSR count). The van der Waals surface area contributed by atoms with Crippen LogP contribution in [-0.2, 0) is 28.7 Å². The van der Waals surface area contributed by atoms with E-state index >= 15 is 0 Å². The molecule has 13 heteroatoms. The van der Waals surface area contributed by atoms with Gasteiger partial charge in [-0.15, -0.1) is 0 Å². The molecule has 0 amide bonds. The Morgan fingerprint density at radius 1 is 1.13 bits per heavy atom. The molecular formula is C26H23F4N5O3S. The number of aromatic nitrogens is 5. The summed E-state index contributed by atoms with van der Waals surface area (Å²) in [6.07, 6.45) is -1.77. The van der Waals surface area contributed by atoms with Crippen LogP contribution in [0.25, 0.3) is 33.8 Å². The summed E-state index contributed by atoms with van der Waals surface area (Å²) in [5.74, 6) is -0.354. The van der Waals surface area contributed by atoms with Crippen molar-refractivity contribution in [1.82, 2.24) is 24.1 Å². The zero-order valence-electron chi connectivity index (χ0n) is 21.0. The fraction of sp³-hybridized carbons (Fsp3) is 0.385. The first-order valence-electron chi connectivity index (χ1n) is 12.4. The molecule has 2 fully saturated rings. The lowest BCUT2D eigenvalue weighted by molar-refractivity contribution is -0.144. The zero-order valence-corrected chi connectivity index (χ0v) is 21.8. The van der Waals surface area contributed by atoms with Gasteiger partial charge in [-0.2, -0.15) is 13.2 Å². The summed E-state index contributed by atoms with van der Waals surface area (Å²) in [5, 5.41) is 0. The van der Waals surface area contributed by atoms with Gasteiger partial charge < -0.3 is 4.57 Å². The van der Waals surface area contributed by atoms with Crippen molar-refractivity contribution < 1.29 is 26.0 Å². The molecule has 4 aromatic rings. The maximum atomic E-state index is 14.6. The zero-order chi connectivity index (χ0) is 27.9. The molecule has 0 unspecified atom stereocenters. The second-order valence-electron chi connectivity index (χ2n) is 10.0. The topological polar surface area (TPSA) is 99.7 Å². The Hall–Kier alpha value is -3.61. The van der Waals surface area contributed by atoms with Crippen molar-refractivity contribution in [2.24, 2.45) is 7.05 Å². The maximum Gasteiger partial charge on any atom is 0.431 e. The predicted octanol–water partition coefficient (Wildman–Crippen LogP) is 4.96. The van der Waals surface area contributed by atoms with Gasteiger partial charge in [-0.1, -0.05) is 13.0 Å². The summed E-state index contributed by atoms with van der Waals surface area (Å²) in [4.78, 5) is 26.0. The normalized spacial score (nSPS) is 17.1. The van der Waals surface area contributed by atoms with Gasteiger partial charge in [0, 0.05) is 24.8 Å². The van der Waals surface area contributed by atoms with E-state index in [2.05, 4.69) is 15.0 Å². The Morgan fingerprint density at radius 3 is 2.46 bits per heavy atom. The highest BCUT2D eigenvalue weighted by Crippen LogP contribution is 2.49. The van der Waals surface area contributed by atoms with Gasteiger partial charge in [0.1, 0.15) is 16.9 Å². The number of sulfone groups is 1. The van der Waals surface area contributed by atoms with E-state index in [1.54, 1.807) is 18.2 Å². The quantitative estimate of drug-likeness (QED) is 0.309. The van der Waals surface area contributed by atoms with E-state index in [-0.39, 0.29) is 38.9 Å². The van der Waals surface area contributed by atoms with E-state index in [0.717, 1.165) is 10.6 Å². The van der Waals surface area contributed by atoms with E-state index < -0.39 is 39.0 Å². The molecule has 0 N–H and O–H groups in total. The number of halogens is 4. The van der Waals surface area contributed by atoms with Crippen molar-refractivity contribution in [2.75, 3.05) is 5.75 Å². The van der Waals surface area contributed by atoms with Crippen molar-refractivity contribution in [3.63, 3.8) is 0 Å². The number of hydrogen-bond acceptors (Lipinski definition) is 6. The monoisotopic (exact) mass is 561 g/mol. The average molecular weight is 562 g/mol. The van der Waals surface area contributed by atoms with Crippen LogP contribution in [0.1, 0.15) is 50.0 Å². The highest BCUT2D eigenvalue weighted by atomic mass is 32.2. The molecule has 0 bridgehead atoms. The standard InChI is InChI=1S/C26H23F4N5O3S/c1-3-39(37,38)18-11-14(16-5-4-6-19(32-16)25(27)9-10-25)13-31-21(18)23-33-17-12-20(26(28,29)30)35(15-7-8-15)24(36)22(17)34(23)2/h4-6,11-13,15H,3,7-10H2,1-2H3. The van der Waals surface area contributed by atoms with Crippen LogP contribution in [0.15, 0.2) is 46.2 Å². The third-order valence-electron chi connectivity index (χ3n) is 7.25. The molecule has 2 saturated carbocycles. The molecule has 4 heterocycles. The van der Waals surface area contributed by atoms with E-state index in [1.165, 1.54) is 30.8 Å². The van der Waals surface area contributed by atoms with Crippen molar-refractivity contribution in [2.45, 2.75) is 55.4 Å².